The molecule has 2 aromatic rings. The van der Waals surface area contributed by atoms with Crippen LogP contribution in [-0.2, 0) is 17.9 Å². The van der Waals surface area contributed by atoms with Crippen molar-refractivity contribution in [2.45, 2.75) is 45.3 Å². The first-order valence-corrected chi connectivity index (χ1v) is 11.0. The number of amides is 1. The van der Waals surface area contributed by atoms with Crippen LogP contribution in [0.1, 0.15) is 38.0 Å². The molecular formula is C24H32N4O3. The Morgan fingerprint density at radius 2 is 1.94 bits per heavy atom. The van der Waals surface area contributed by atoms with E-state index in [0.717, 1.165) is 43.0 Å². The van der Waals surface area contributed by atoms with E-state index in [1.807, 2.05) is 24.3 Å². The van der Waals surface area contributed by atoms with Crippen LogP contribution >= 0.6 is 0 Å². The van der Waals surface area contributed by atoms with Crippen molar-refractivity contribution in [3.05, 3.63) is 54.0 Å². The van der Waals surface area contributed by atoms with Gasteiger partial charge in [-0.3, -0.25) is 10.1 Å². The van der Waals surface area contributed by atoms with E-state index >= 15 is 0 Å². The number of ether oxygens (including phenoxy) is 1. The van der Waals surface area contributed by atoms with E-state index in [-0.39, 0.29) is 5.91 Å². The molecule has 7 nitrogen and oxygen atoms in total. The molecule has 1 aromatic heterocycles. The zero-order valence-electron chi connectivity index (χ0n) is 18.6. The standard InChI is InChI=1S/C24H32N4O3/c1-18(2)17-31-20-8-6-19(7-9-20)15-28(16-21-5-4-14-30-21)23-25-22(29)24(26-23)10-12-27(3)13-11-24/h4-9,14,18H,10-13,15-17H2,1-3H3,(H,25,26,29). The maximum absolute atomic E-state index is 12.9. The minimum absolute atomic E-state index is 0.0116. The maximum Gasteiger partial charge on any atom is 0.254 e. The fourth-order valence-electron chi connectivity index (χ4n) is 3.95. The Labute approximate surface area is 184 Å². The van der Waals surface area contributed by atoms with Gasteiger partial charge < -0.3 is 19.0 Å². The Morgan fingerprint density at radius 1 is 1.19 bits per heavy atom. The third kappa shape index (κ3) is 5.10. The summed E-state index contributed by atoms with van der Waals surface area (Å²) in [6.07, 6.45) is 3.16. The lowest BCUT2D eigenvalue weighted by atomic mass is 9.88. The van der Waals surface area contributed by atoms with Gasteiger partial charge in [0.25, 0.3) is 5.91 Å². The van der Waals surface area contributed by atoms with E-state index in [9.17, 15) is 4.79 Å². The van der Waals surface area contributed by atoms with Crippen LogP contribution < -0.4 is 10.1 Å². The van der Waals surface area contributed by atoms with E-state index in [2.05, 4.69) is 48.1 Å². The normalized spacial score (nSPS) is 18.3. The molecule has 0 unspecified atom stereocenters. The monoisotopic (exact) mass is 424 g/mol. The van der Waals surface area contributed by atoms with Crippen LogP contribution in [0.4, 0.5) is 0 Å². The number of nitrogens with one attached hydrogen (secondary N) is 1. The summed E-state index contributed by atoms with van der Waals surface area (Å²) in [5.74, 6) is 2.83. The summed E-state index contributed by atoms with van der Waals surface area (Å²) < 4.78 is 11.4. The number of carbonyl (C=O) groups excluding carboxylic acids is 1. The lowest BCUT2D eigenvalue weighted by Crippen LogP contribution is -2.48. The Hall–Kier alpha value is -2.80. The van der Waals surface area contributed by atoms with Crippen LogP contribution in [0.3, 0.4) is 0 Å². The van der Waals surface area contributed by atoms with Crippen molar-refractivity contribution in [3.8, 4) is 5.75 Å². The first-order valence-electron chi connectivity index (χ1n) is 11.0. The number of hydrogen-bond acceptors (Lipinski definition) is 6. The van der Waals surface area contributed by atoms with Gasteiger partial charge >= 0.3 is 0 Å². The number of guanidine groups is 1. The second-order valence-corrected chi connectivity index (χ2v) is 9.01. The molecule has 1 spiro atoms. The zero-order valence-corrected chi connectivity index (χ0v) is 18.6. The summed E-state index contributed by atoms with van der Waals surface area (Å²) in [7, 11) is 2.09. The van der Waals surface area contributed by atoms with E-state index in [1.54, 1.807) is 6.26 Å². The number of carbonyl (C=O) groups is 1. The van der Waals surface area contributed by atoms with Crippen LogP contribution in [0.2, 0.25) is 0 Å². The van der Waals surface area contributed by atoms with Gasteiger partial charge in [-0.15, -0.1) is 0 Å². The molecule has 0 saturated carbocycles. The van der Waals surface area contributed by atoms with Crippen LogP contribution in [0, 0.1) is 5.92 Å². The number of rotatable bonds is 7. The summed E-state index contributed by atoms with van der Waals surface area (Å²) in [5.41, 5.74) is 0.474. The Kier molecular flexibility index (Phi) is 6.32. The molecule has 0 aliphatic carbocycles. The second kappa shape index (κ2) is 9.14. The maximum atomic E-state index is 12.9. The van der Waals surface area contributed by atoms with Gasteiger partial charge in [0.15, 0.2) is 0 Å². The molecule has 1 saturated heterocycles. The van der Waals surface area contributed by atoms with Gasteiger partial charge in [-0.1, -0.05) is 26.0 Å². The summed E-state index contributed by atoms with van der Waals surface area (Å²) in [6.45, 7) is 7.86. The molecule has 1 fully saturated rings. The van der Waals surface area contributed by atoms with Crippen LogP contribution in [-0.4, -0.2) is 53.9 Å². The number of furan rings is 1. The van der Waals surface area contributed by atoms with Crippen molar-refractivity contribution < 1.29 is 13.9 Å². The van der Waals surface area contributed by atoms with Gasteiger partial charge in [-0.05, 0) is 55.6 Å². The molecular weight excluding hydrogens is 392 g/mol. The van der Waals surface area contributed by atoms with Crippen molar-refractivity contribution in [2.75, 3.05) is 26.7 Å². The average Bonchev–Trinajstić information content (AvgIpc) is 3.37. The third-order valence-electron chi connectivity index (χ3n) is 5.89. The van der Waals surface area contributed by atoms with Gasteiger partial charge in [-0.25, -0.2) is 4.99 Å². The molecule has 0 bridgehead atoms. The van der Waals surface area contributed by atoms with Crippen molar-refractivity contribution in [2.24, 2.45) is 10.9 Å². The van der Waals surface area contributed by atoms with Crippen molar-refractivity contribution in [1.82, 2.24) is 15.1 Å². The molecule has 4 rings (SSSR count). The third-order valence-corrected chi connectivity index (χ3v) is 5.89. The van der Waals surface area contributed by atoms with E-state index < -0.39 is 5.54 Å². The molecule has 7 heteroatoms. The van der Waals surface area contributed by atoms with Gasteiger partial charge in [0, 0.05) is 19.6 Å². The molecule has 0 radical (unpaired) electrons. The second-order valence-electron chi connectivity index (χ2n) is 9.01. The minimum atomic E-state index is -0.641. The molecule has 1 amide bonds. The number of nitrogens with zero attached hydrogens (tertiary/aromatic N) is 3. The molecule has 1 N–H and O–H groups in total. The molecule has 0 atom stereocenters. The summed E-state index contributed by atoms with van der Waals surface area (Å²) in [6, 6.07) is 11.9. The number of benzene rings is 1. The number of hydrogen-bond donors (Lipinski definition) is 1. The molecule has 1 aromatic carbocycles. The van der Waals surface area contributed by atoms with Gasteiger partial charge in [-0.2, -0.15) is 0 Å². The van der Waals surface area contributed by atoms with Crippen LogP contribution in [0.15, 0.2) is 52.1 Å². The Balaban J connectivity index is 1.52. The first-order chi connectivity index (χ1) is 14.9. The van der Waals surface area contributed by atoms with E-state index in [4.69, 9.17) is 14.1 Å². The highest BCUT2D eigenvalue weighted by molar-refractivity contribution is 6.07. The fourth-order valence-corrected chi connectivity index (χ4v) is 3.95. The molecule has 3 heterocycles. The number of likely N-dealkylation sites (tertiary alicyclic amines) is 1. The van der Waals surface area contributed by atoms with Gasteiger partial charge in [0.05, 0.1) is 19.4 Å². The van der Waals surface area contributed by atoms with Crippen molar-refractivity contribution >= 4 is 11.9 Å². The van der Waals surface area contributed by atoms with Crippen molar-refractivity contribution in [3.63, 3.8) is 0 Å². The number of piperidine rings is 1. The largest absolute Gasteiger partial charge is 0.493 e. The Bertz CT molecular complexity index is 897. The van der Waals surface area contributed by atoms with Gasteiger partial charge in [0.1, 0.15) is 17.0 Å². The summed E-state index contributed by atoms with van der Waals surface area (Å²) >= 11 is 0. The highest BCUT2D eigenvalue weighted by atomic mass is 16.5. The smallest absolute Gasteiger partial charge is 0.254 e. The predicted octanol–water partition coefficient (Wildman–Crippen LogP) is 3.27. The van der Waals surface area contributed by atoms with Gasteiger partial charge in [0.2, 0.25) is 5.96 Å². The topological polar surface area (TPSA) is 70.3 Å². The highest BCUT2D eigenvalue weighted by Gasteiger charge is 2.46. The van der Waals surface area contributed by atoms with E-state index in [1.165, 1.54) is 0 Å². The van der Waals surface area contributed by atoms with Crippen LogP contribution in [0.5, 0.6) is 5.75 Å². The highest BCUT2D eigenvalue weighted by Crippen LogP contribution is 2.30. The van der Waals surface area contributed by atoms with Crippen molar-refractivity contribution in [1.29, 1.82) is 0 Å². The molecule has 2 aliphatic rings. The quantitative estimate of drug-likeness (QED) is 0.739. The molecule has 31 heavy (non-hydrogen) atoms. The average molecular weight is 425 g/mol. The number of aliphatic imine (C=N–C) groups is 1. The molecule has 166 valence electrons. The van der Waals surface area contributed by atoms with Crippen LogP contribution in [0.25, 0.3) is 0 Å². The zero-order chi connectivity index (χ0) is 21.8. The fraction of sp³-hybridized carbons (Fsp3) is 0.500. The first kappa shape index (κ1) is 21.4. The molecule has 2 aliphatic heterocycles. The Morgan fingerprint density at radius 3 is 2.58 bits per heavy atom. The lowest BCUT2D eigenvalue weighted by molar-refractivity contribution is -0.125. The van der Waals surface area contributed by atoms with E-state index in [0.29, 0.717) is 31.6 Å². The predicted molar refractivity (Wildman–Crippen MR) is 120 cm³/mol. The minimum Gasteiger partial charge on any atom is -0.493 e. The summed E-state index contributed by atoms with van der Waals surface area (Å²) in [5, 5.41) is 3.06. The SMILES string of the molecule is CC(C)COc1ccc(CN(Cc2ccco2)C2=NC3(CCN(C)CC3)C(=O)N2)cc1. The lowest BCUT2D eigenvalue weighted by Gasteiger charge is -2.33. The summed E-state index contributed by atoms with van der Waals surface area (Å²) in [4.78, 5) is 22.1.